The topological polar surface area (TPSA) is 119 Å². The number of aliphatic hydroxyl groups excluding tert-OH is 1. The summed E-state index contributed by atoms with van der Waals surface area (Å²) in [4.78, 5) is 0. The van der Waals surface area contributed by atoms with E-state index in [0.29, 0.717) is 34.6 Å². The van der Waals surface area contributed by atoms with Crippen molar-refractivity contribution >= 4 is 17.1 Å². The van der Waals surface area contributed by atoms with Gasteiger partial charge in [-0.15, -0.1) is 0 Å². The molecule has 5 heteroatoms. The molecule has 0 amide bonds. The molecule has 0 saturated heterocycles. The fourth-order valence-electron chi connectivity index (χ4n) is 2.01. The van der Waals surface area contributed by atoms with Crippen molar-refractivity contribution in [1.29, 1.82) is 0 Å². The Labute approximate surface area is 111 Å². The highest BCUT2D eigenvalue weighted by molar-refractivity contribution is 5.88. The van der Waals surface area contributed by atoms with Crippen molar-refractivity contribution in [2.45, 2.75) is 6.42 Å². The maximum absolute atomic E-state index is 9.96. The number of hydrogen-bond donors (Lipinski definition) is 5. The van der Waals surface area contributed by atoms with E-state index >= 15 is 0 Å². The molecule has 5 nitrogen and oxygen atoms in total. The fourth-order valence-corrected chi connectivity index (χ4v) is 2.01. The van der Waals surface area contributed by atoms with Gasteiger partial charge >= 0.3 is 0 Å². The number of rotatable bonds is 3. The standard InChI is InChI=1S/C14H17N3O2/c15-9-1-2-10(13(19)7-9)11-5-8(3-4-18)6-12(16)14(11)17/h1-2,5-7,18-19H,3-4,15-17H2. The summed E-state index contributed by atoms with van der Waals surface area (Å²) >= 11 is 0. The molecule has 0 aromatic heterocycles. The highest BCUT2D eigenvalue weighted by Crippen LogP contribution is 2.37. The van der Waals surface area contributed by atoms with Gasteiger partial charge in [-0.1, -0.05) is 0 Å². The molecular formula is C14H17N3O2. The minimum Gasteiger partial charge on any atom is -0.507 e. The molecule has 2 aromatic carbocycles. The quantitative estimate of drug-likeness (QED) is 0.533. The van der Waals surface area contributed by atoms with Crippen LogP contribution in [0.1, 0.15) is 5.56 Å². The minimum atomic E-state index is 0.0243. The van der Waals surface area contributed by atoms with Crippen LogP contribution < -0.4 is 17.2 Å². The maximum atomic E-state index is 9.96. The van der Waals surface area contributed by atoms with Crippen molar-refractivity contribution < 1.29 is 10.2 Å². The number of nitrogen functional groups attached to an aromatic ring is 3. The molecular weight excluding hydrogens is 242 g/mol. The lowest BCUT2D eigenvalue weighted by molar-refractivity contribution is 0.299. The van der Waals surface area contributed by atoms with Crippen LogP contribution in [0.5, 0.6) is 5.75 Å². The molecule has 0 radical (unpaired) electrons. The molecule has 0 fully saturated rings. The Morgan fingerprint density at radius 3 is 2.32 bits per heavy atom. The number of aliphatic hydroxyl groups is 1. The van der Waals surface area contributed by atoms with Gasteiger partial charge in [-0.25, -0.2) is 0 Å². The minimum absolute atomic E-state index is 0.0243. The van der Waals surface area contributed by atoms with Gasteiger partial charge in [0, 0.05) is 29.5 Å². The summed E-state index contributed by atoms with van der Waals surface area (Å²) in [7, 11) is 0. The molecule has 0 saturated carbocycles. The number of phenolic OH excluding ortho intramolecular Hbond substituents is 1. The lowest BCUT2D eigenvalue weighted by Crippen LogP contribution is -2.01. The van der Waals surface area contributed by atoms with E-state index in [0.717, 1.165) is 5.56 Å². The van der Waals surface area contributed by atoms with Gasteiger partial charge < -0.3 is 27.4 Å². The Morgan fingerprint density at radius 1 is 0.947 bits per heavy atom. The summed E-state index contributed by atoms with van der Waals surface area (Å²) in [5.74, 6) is 0.0484. The first-order valence-electron chi connectivity index (χ1n) is 5.90. The van der Waals surface area contributed by atoms with Gasteiger partial charge in [0.1, 0.15) is 5.75 Å². The second-order valence-electron chi connectivity index (χ2n) is 4.40. The van der Waals surface area contributed by atoms with Crippen LogP contribution in [0.2, 0.25) is 0 Å². The predicted molar refractivity (Wildman–Crippen MR) is 77.6 cm³/mol. The first-order valence-corrected chi connectivity index (χ1v) is 5.90. The van der Waals surface area contributed by atoms with Gasteiger partial charge in [-0.2, -0.15) is 0 Å². The first kappa shape index (κ1) is 13.0. The summed E-state index contributed by atoms with van der Waals surface area (Å²) in [6.45, 7) is 0.0243. The summed E-state index contributed by atoms with van der Waals surface area (Å²) < 4.78 is 0. The van der Waals surface area contributed by atoms with Crippen LogP contribution in [0.4, 0.5) is 17.1 Å². The summed E-state index contributed by atoms with van der Waals surface area (Å²) in [6, 6.07) is 8.38. The molecule has 100 valence electrons. The molecule has 0 spiro atoms. The van der Waals surface area contributed by atoms with Crippen LogP contribution in [0.15, 0.2) is 30.3 Å². The van der Waals surface area contributed by atoms with Gasteiger partial charge in [0.25, 0.3) is 0 Å². The van der Waals surface area contributed by atoms with Gasteiger partial charge in [0.2, 0.25) is 0 Å². The zero-order chi connectivity index (χ0) is 14.0. The highest BCUT2D eigenvalue weighted by Gasteiger charge is 2.12. The van der Waals surface area contributed by atoms with Gasteiger partial charge in [0.05, 0.1) is 11.4 Å². The van der Waals surface area contributed by atoms with Crippen LogP contribution in [-0.2, 0) is 6.42 Å². The normalized spacial score (nSPS) is 10.6. The number of hydrogen-bond acceptors (Lipinski definition) is 5. The Balaban J connectivity index is 2.60. The van der Waals surface area contributed by atoms with E-state index in [4.69, 9.17) is 22.3 Å². The Bertz CT molecular complexity index is 612. The Morgan fingerprint density at radius 2 is 1.68 bits per heavy atom. The van der Waals surface area contributed by atoms with E-state index in [1.54, 1.807) is 18.2 Å². The van der Waals surface area contributed by atoms with Crippen LogP contribution in [-0.4, -0.2) is 16.8 Å². The highest BCUT2D eigenvalue weighted by atomic mass is 16.3. The van der Waals surface area contributed by atoms with E-state index in [1.807, 2.05) is 6.07 Å². The van der Waals surface area contributed by atoms with Crippen molar-refractivity contribution in [3.8, 4) is 16.9 Å². The molecule has 0 atom stereocenters. The van der Waals surface area contributed by atoms with Crippen molar-refractivity contribution in [3.63, 3.8) is 0 Å². The molecule has 0 aliphatic heterocycles. The third-order valence-corrected chi connectivity index (χ3v) is 2.98. The second-order valence-corrected chi connectivity index (χ2v) is 4.40. The number of phenols is 1. The van der Waals surface area contributed by atoms with Crippen molar-refractivity contribution in [2.24, 2.45) is 0 Å². The van der Waals surface area contributed by atoms with Crippen LogP contribution in [0, 0.1) is 0 Å². The SMILES string of the molecule is Nc1ccc(-c2cc(CCO)cc(N)c2N)c(O)c1. The second kappa shape index (κ2) is 5.07. The molecule has 0 bridgehead atoms. The molecule has 8 N–H and O–H groups in total. The monoisotopic (exact) mass is 259 g/mol. The van der Waals surface area contributed by atoms with E-state index in [1.165, 1.54) is 6.07 Å². The van der Waals surface area contributed by atoms with Crippen molar-refractivity contribution in [3.05, 3.63) is 35.9 Å². The zero-order valence-corrected chi connectivity index (χ0v) is 10.4. The molecule has 0 unspecified atom stereocenters. The Kier molecular flexibility index (Phi) is 3.48. The fraction of sp³-hybridized carbons (Fsp3) is 0.143. The van der Waals surface area contributed by atoms with E-state index in [2.05, 4.69) is 0 Å². The molecule has 0 aliphatic carbocycles. The number of benzene rings is 2. The lowest BCUT2D eigenvalue weighted by atomic mass is 9.97. The first-order chi connectivity index (χ1) is 9.02. The largest absolute Gasteiger partial charge is 0.507 e. The van der Waals surface area contributed by atoms with Crippen molar-refractivity contribution in [1.82, 2.24) is 0 Å². The lowest BCUT2D eigenvalue weighted by Gasteiger charge is -2.13. The van der Waals surface area contributed by atoms with E-state index in [-0.39, 0.29) is 12.4 Å². The van der Waals surface area contributed by atoms with Crippen LogP contribution in [0.3, 0.4) is 0 Å². The summed E-state index contributed by atoms with van der Waals surface area (Å²) in [5.41, 5.74) is 20.8. The zero-order valence-electron chi connectivity index (χ0n) is 10.4. The van der Waals surface area contributed by atoms with Gasteiger partial charge in [-0.05, 0) is 36.2 Å². The third-order valence-electron chi connectivity index (χ3n) is 2.98. The maximum Gasteiger partial charge on any atom is 0.125 e. The molecule has 2 rings (SSSR count). The summed E-state index contributed by atoms with van der Waals surface area (Å²) in [5, 5.41) is 18.9. The predicted octanol–water partition coefficient (Wildman–Crippen LogP) is 1.34. The molecule has 19 heavy (non-hydrogen) atoms. The van der Waals surface area contributed by atoms with Crippen LogP contribution in [0.25, 0.3) is 11.1 Å². The number of aromatic hydroxyl groups is 1. The molecule has 0 heterocycles. The van der Waals surface area contributed by atoms with E-state index < -0.39 is 0 Å². The molecule has 0 aliphatic rings. The summed E-state index contributed by atoms with van der Waals surface area (Å²) in [6.07, 6.45) is 0.479. The Hall–Kier alpha value is -2.40. The third kappa shape index (κ3) is 2.56. The van der Waals surface area contributed by atoms with Crippen molar-refractivity contribution in [2.75, 3.05) is 23.8 Å². The molecule has 2 aromatic rings. The van der Waals surface area contributed by atoms with Gasteiger partial charge in [0.15, 0.2) is 0 Å². The average Bonchev–Trinajstić information content (AvgIpc) is 2.34. The van der Waals surface area contributed by atoms with Crippen LogP contribution >= 0.6 is 0 Å². The van der Waals surface area contributed by atoms with E-state index in [9.17, 15) is 5.11 Å². The number of anilines is 3. The average molecular weight is 259 g/mol. The smallest absolute Gasteiger partial charge is 0.125 e. The number of nitrogens with two attached hydrogens (primary N) is 3. The van der Waals surface area contributed by atoms with Gasteiger partial charge in [-0.3, -0.25) is 0 Å².